The molecule has 0 aromatic heterocycles. The van der Waals surface area contributed by atoms with Gasteiger partial charge in [0.2, 0.25) is 0 Å². The maximum Gasteiger partial charge on any atom is 0.180 e. The molecular formula is C17H25ClN2O2. The van der Waals surface area contributed by atoms with Gasteiger partial charge in [-0.15, -0.1) is 0 Å². The topological polar surface area (TPSA) is 32.8 Å². The summed E-state index contributed by atoms with van der Waals surface area (Å²) < 4.78 is 5.74. The number of ether oxygens (including phenoxy) is 1. The minimum absolute atomic E-state index is 0.0285. The number of Topliss-reactive ketones (excluding diaryl/α,β-unsaturated/α-hetero) is 1. The number of hydrogen-bond acceptors (Lipinski definition) is 4. The molecule has 0 atom stereocenters. The van der Waals surface area contributed by atoms with Crippen LogP contribution in [0.15, 0.2) is 18.2 Å². The molecule has 4 nitrogen and oxygen atoms in total. The van der Waals surface area contributed by atoms with Crippen molar-refractivity contribution >= 4 is 17.4 Å². The zero-order valence-corrected chi connectivity index (χ0v) is 14.4. The minimum atomic E-state index is 0.0285. The number of likely N-dealkylation sites (N-methyl/N-ethyl adjacent to an activating group) is 1. The van der Waals surface area contributed by atoms with Gasteiger partial charge in [-0.1, -0.05) is 18.5 Å². The van der Waals surface area contributed by atoms with Crippen LogP contribution in [0.1, 0.15) is 31.1 Å². The van der Waals surface area contributed by atoms with Crippen LogP contribution in [0, 0.1) is 0 Å². The molecule has 1 heterocycles. The van der Waals surface area contributed by atoms with E-state index in [0.29, 0.717) is 22.9 Å². The first-order chi connectivity index (χ1) is 10.5. The van der Waals surface area contributed by atoms with E-state index < -0.39 is 0 Å². The number of ketones is 1. The van der Waals surface area contributed by atoms with Crippen LogP contribution in [-0.2, 0) is 0 Å². The fourth-order valence-electron chi connectivity index (χ4n) is 2.63. The van der Waals surface area contributed by atoms with Crippen LogP contribution in [0.25, 0.3) is 0 Å². The van der Waals surface area contributed by atoms with Gasteiger partial charge in [0.1, 0.15) is 5.75 Å². The van der Waals surface area contributed by atoms with E-state index in [9.17, 15) is 4.79 Å². The van der Waals surface area contributed by atoms with Gasteiger partial charge >= 0.3 is 0 Å². The van der Waals surface area contributed by atoms with E-state index in [0.717, 1.165) is 32.7 Å². The lowest BCUT2D eigenvalue weighted by Gasteiger charge is -2.33. The zero-order chi connectivity index (χ0) is 16.1. The number of piperazine rings is 1. The zero-order valence-electron chi connectivity index (χ0n) is 13.6. The Balaban J connectivity index is 2.04. The van der Waals surface area contributed by atoms with Crippen molar-refractivity contribution in [3.8, 4) is 5.75 Å². The predicted octanol–water partition coefficient (Wildman–Crippen LogP) is 2.95. The van der Waals surface area contributed by atoms with Gasteiger partial charge in [-0.3, -0.25) is 9.69 Å². The van der Waals surface area contributed by atoms with Gasteiger partial charge in [-0.2, -0.15) is 0 Å². The van der Waals surface area contributed by atoms with Gasteiger partial charge in [-0.25, -0.2) is 0 Å². The number of benzene rings is 1. The fraction of sp³-hybridized carbons (Fsp3) is 0.588. The third-order valence-corrected chi connectivity index (χ3v) is 4.12. The number of halogens is 1. The van der Waals surface area contributed by atoms with Gasteiger partial charge in [0.15, 0.2) is 5.78 Å². The quantitative estimate of drug-likeness (QED) is 0.753. The molecule has 122 valence electrons. The number of nitrogens with zero attached hydrogens (tertiary/aromatic N) is 2. The molecular weight excluding hydrogens is 300 g/mol. The molecule has 0 N–H and O–H groups in total. The second-order valence-electron chi connectivity index (χ2n) is 5.94. The van der Waals surface area contributed by atoms with Gasteiger partial charge in [0.05, 0.1) is 18.2 Å². The van der Waals surface area contributed by atoms with Crippen LogP contribution in [0.2, 0.25) is 5.02 Å². The lowest BCUT2D eigenvalue weighted by atomic mass is 10.1. The summed E-state index contributed by atoms with van der Waals surface area (Å²) >= 11 is 6.05. The summed E-state index contributed by atoms with van der Waals surface area (Å²) in [6, 6.07) is 5.25. The van der Waals surface area contributed by atoms with Crippen LogP contribution in [-0.4, -0.2) is 61.0 Å². The molecule has 1 aliphatic rings. The molecule has 0 bridgehead atoms. The molecule has 0 radical (unpaired) electrons. The lowest BCUT2D eigenvalue weighted by Crippen LogP contribution is -2.47. The van der Waals surface area contributed by atoms with E-state index in [4.69, 9.17) is 16.3 Å². The van der Waals surface area contributed by atoms with Crippen molar-refractivity contribution in [1.29, 1.82) is 0 Å². The highest BCUT2D eigenvalue weighted by Gasteiger charge is 2.21. The van der Waals surface area contributed by atoms with E-state index in [1.807, 2.05) is 13.8 Å². The van der Waals surface area contributed by atoms with E-state index >= 15 is 0 Å². The normalized spacial score (nSPS) is 17.0. The molecule has 2 rings (SSSR count). The van der Waals surface area contributed by atoms with Gasteiger partial charge in [0.25, 0.3) is 0 Å². The molecule has 1 saturated heterocycles. The van der Waals surface area contributed by atoms with Crippen LogP contribution >= 0.6 is 11.6 Å². The van der Waals surface area contributed by atoms with Crippen molar-refractivity contribution in [2.75, 3.05) is 39.3 Å². The molecule has 22 heavy (non-hydrogen) atoms. The Morgan fingerprint density at radius 3 is 2.45 bits per heavy atom. The van der Waals surface area contributed by atoms with E-state index in [1.165, 1.54) is 0 Å². The fourth-order valence-corrected chi connectivity index (χ4v) is 2.80. The average molecular weight is 325 g/mol. The molecule has 0 amide bonds. The van der Waals surface area contributed by atoms with Crippen molar-refractivity contribution in [1.82, 2.24) is 9.80 Å². The van der Waals surface area contributed by atoms with Crippen molar-refractivity contribution in [3.05, 3.63) is 28.8 Å². The minimum Gasteiger partial charge on any atom is -0.490 e. The Morgan fingerprint density at radius 1 is 1.23 bits per heavy atom. The first-order valence-electron chi connectivity index (χ1n) is 7.93. The second kappa shape index (κ2) is 7.95. The molecule has 1 aromatic carbocycles. The standard InChI is InChI=1S/C17H25ClN2O2/c1-4-19-7-9-20(10-8-19)12-16(21)15-11-14(18)5-6-17(15)22-13(2)3/h5-6,11,13H,4,7-10,12H2,1-3H3. The molecule has 1 aliphatic heterocycles. The highest BCUT2D eigenvalue weighted by molar-refractivity contribution is 6.31. The SMILES string of the molecule is CCN1CCN(CC(=O)c2cc(Cl)ccc2OC(C)C)CC1. The summed E-state index contributed by atoms with van der Waals surface area (Å²) in [4.78, 5) is 17.2. The average Bonchev–Trinajstić information content (AvgIpc) is 2.49. The monoisotopic (exact) mass is 324 g/mol. The summed E-state index contributed by atoms with van der Waals surface area (Å²) in [5.74, 6) is 0.694. The summed E-state index contributed by atoms with van der Waals surface area (Å²) in [6.45, 7) is 11.5. The van der Waals surface area contributed by atoms with E-state index in [1.54, 1.807) is 18.2 Å². The van der Waals surface area contributed by atoms with E-state index in [2.05, 4.69) is 16.7 Å². The maximum atomic E-state index is 12.6. The Kier molecular flexibility index (Phi) is 6.24. The van der Waals surface area contributed by atoms with Gasteiger partial charge < -0.3 is 9.64 Å². The third-order valence-electron chi connectivity index (χ3n) is 3.88. The van der Waals surface area contributed by atoms with Crippen LogP contribution in [0.3, 0.4) is 0 Å². The maximum absolute atomic E-state index is 12.6. The largest absolute Gasteiger partial charge is 0.490 e. The molecule has 0 unspecified atom stereocenters. The highest BCUT2D eigenvalue weighted by Crippen LogP contribution is 2.25. The van der Waals surface area contributed by atoms with Crippen molar-refractivity contribution < 1.29 is 9.53 Å². The van der Waals surface area contributed by atoms with Crippen LogP contribution in [0.5, 0.6) is 5.75 Å². The molecule has 0 spiro atoms. The van der Waals surface area contributed by atoms with Crippen LogP contribution < -0.4 is 4.74 Å². The molecule has 5 heteroatoms. The third kappa shape index (κ3) is 4.70. The summed E-state index contributed by atoms with van der Waals surface area (Å²) in [6.07, 6.45) is 0.0285. The van der Waals surface area contributed by atoms with Crippen molar-refractivity contribution in [3.63, 3.8) is 0 Å². The van der Waals surface area contributed by atoms with E-state index in [-0.39, 0.29) is 11.9 Å². The first kappa shape index (κ1) is 17.3. The number of rotatable bonds is 6. The van der Waals surface area contributed by atoms with Crippen LogP contribution in [0.4, 0.5) is 0 Å². The number of hydrogen-bond donors (Lipinski definition) is 0. The van der Waals surface area contributed by atoms with Crippen molar-refractivity contribution in [2.45, 2.75) is 26.9 Å². The van der Waals surface area contributed by atoms with Gasteiger partial charge in [-0.05, 0) is 38.6 Å². The predicted molar refractivity (Wildman–Crippen MR) is 90.1 cm³/mol. The molecule has 1 fully saturated rings. The summed E-state index contributed by atoms with van der Waals surface area (Å²) in [5, 5.41) is 0.565. The molecule has 0 saturated carbocycles. The second-order valence-corrected chi connectivity index (χ2v) is 6.38. The molecule has 0 aliphatic carbocycles. The molecule has 1 aromatic rings. The Bertz CT molecular complexity index is 511. The summed E-state index contributed by atoms with van der Waals surface area (Å²) in [5.41, 5.74) is 0.583. The Labute approximate surface area is 138 Å². The Hall–Kier alpha value is -1.10. The summed E-state index contributed by atoms with van der Waals surface area (Å²) in [7, 11) is 0. The number of carbonyl (C=O) groups excluding carboxylic acids is 1. The first-order valence-corrected chi connectivity index (χ1v) is 8.31. The number of carbonyl (C=O) groups is 1. The lowest BCUT2D eigenvalue weighted by molar-refractivity contribution is 0.0854. The van der Waals surface area contributed by atoms with Gasteiger partial charge in [0, 0.05) is 31.2 Å². The highest BCUT2D eigenvalue weighted by atomic mass is 35.5. The smallest absolute Gasteiger partial charge is 0.180 e. The van der Waals surface area contributed by atoms with Crippen molar-refractivity contribution in [2.24, 2.45) is 0 Å². The Morgan fingerprint density at radius 2 is 1.86 bits per heavy atom.